The summed E-state index contributed by atoms with van der Waals surface area (Å²) in [6.45, 7) is 3.34. The van der Waals surface area contributed by atoms with E-state index in [2.05, 4.69) is 15.9 Å². The number of hydrogen-bond donors (Lipinski definition) is 0. The van der Waals surface area contributed by atoms with Crippen molar-refractivity contribution in [3.8, 4) is 0 Å². The Morgan fingerprint density at radius 1 is 1.00 bits per heavy atom. The van der Waals surface area contributed by atoms with Gasteiger partial charge in [-0.05, 0) is 53.0 Å². The van der Waals surface area contributed by atoms with Crippen LogP contribution in [0.3, 0.4) is 0 Å². The number of ketones is 1. The van der Waals surface area contributed by atoms with E-state index in [4.69, 9.17) is 0 Å². The first kappa shape index (κ1) is 13.9. The molecule has 0 spiro atoms. The molecule has 0 aliphatic rings. The summed E-state index contributed by atoms with van der Waals surface area (Å²) in [5.74, 6) is -1.96. The van der Waals surface area contributed by atoms with Gasteiger partial charge in [-0.25, -0.2) is 8.78 Å². The van der Waals surface area contributed by atoms with Gasteiger partial charge in [0, 0.05) is 16.1 Å². The molecular weight excluding hydrogens is 314 g/mol. The Bertz CT molecular complexity index is 665. The molecule has 2 rings (SSSR count). The van der Waals surface area contributed by atoms with Crippen molar-refractivity contribution < 1.29 is 13.6 Å². The van der Waals surface area contributed by atoms with Crippen LogP contribution in [0.15, 0.2) is 34.8 Å². The third kappa shape index (κ3) is 2.59. The Balaban J connectivity index is 2.56. The zero-order chi connectivity index (χ0) is 14.2. The summed E-state index contributed by atoms with van der Waals surface area (Å²) in [6.07, 6.45) is 0. The lowest BCUT2D eigenvalue weighted by molar-refractivity contribution is 0.103. The molecule has 0 atom stereocenters. The first-order valence-corrected chi connectivity index (χ1v) is 6.46. The van der Waals surface area contributed by atoms with Crippen LogP contribution in [0.4, 0.5) is 8.78 Å². The average molecular weight is 325 g/mol. The fourth-order valence-corrected chi connectivity index (χ4v) is 2.24. The standard InChI is InChI=1S/C15H11BrF2O/c1-8-4-3-5-10(14(8)16)15(19)11-6-9(2)12(17)7-13(11)18/h3-7H,1-2H3. The Kier molecular flexibility index (Phi) is 3.80. The minimum atomic E-state index is -0.846. The number of rotatable bonds is 2. The van der Waals surface area contributed by atoms with Crippen molar-refractivity contribution in [1.82, 2.24) is 0 Å². The monoisotopic (exact) mass is 324 g/mol. The second kappa shape index (κ2) is 5.21. The van der Waals surface area contributed by atoms with Crippen LogP contribution in [-0.2, 0) is 0 Å². The van der Waals surface area contributed by atoms with E-state index >= 15 is 0 Å². The lowest BCUT2D eigenvalue weighted by Crippen LogP contribution is -2.07. The van der Waals surface area contributed by atoms with Crippen LogP contribution in [0.2, 0.25) is 0 Å². The highest BCUT2D eigenvalue weighted by molar-refractivity contribution is 9.10. The molecule has 0 unspecified atom stereocenters. The second-order valence-corrected chi connectivity index (χ2v) is 5.14. The van der Waals surface area contributed by atoms with E-state index < -0.39 is 17.4 Å². The van der Waals surface area contributed by atoms with Crippen molar-refractivity contribution in [3.05, 3.63) is 68.7 Å². The molecule has 0 amide bonds. The quantitative estimate of drug-likeness (QED) is 0.739. The van der Waals surface area contributed by atoms with Crippen LogP contribution in [-0.4, -0.2) is 5.78 Å². The molecule has 2 aromatic rings. The van der Waals surface area contributed by atoms with E-state index in [-0.39, 0.29) is 11.1 Å². The molecule has 0 aromatic heterocycles. The van der Waals surface area contributed by atoms with Crippen molar-refractivity contribution >= 4 is 21.7 Å². The summed E-state index contributed by atoms with van der Waals surface area (Å²) in [5.41, 5.74) is 1.37. The van der Waals surface area contributed by atoms with E-state index in [1.165, 1.54) is 13.0 Å². The van der Waals surface area contributed by atoms with Crippen molar-refractivity contribution in [2.45, 2.75) is 13.8 Å². The Hall–Kier alpha value is -1.55. The highest BCUT2D eigenvalue weighted by Gasteiger charge is 2.18. The van der Waals surface area contributed by atoms with Crippen LogP contribution in [0.1, 0.15) is 27.0 Å². The molecule has 4 heteroatoms. The fraction of sp³-hybridized carbons (Fsp3) is 0.133. The van der Waals surface area contributed by atoms with Gasteiger partial charge in [0.15, 0.2) is 5.78 Å². The van der Waals surface area contributed by atoms with Gasteiger partial charge in [-0.15, -0.1) is 0 Å². The molecular formula is C15H11BrF2O. The summed E-state index contributed by atoms with van der Waals surface area (Å²) in [4.78, 5) is 12.3. The molecule has 0 bridgehead atoms. The molecule has 0 saturated heterocycles. The van der Waals surface area contributed by atoms with E-state index in [1.807, 2.05) is 13.0 Å². The van der Waals surface area contributed by atoms with E-state index in [9.17, 15) is 13.6 Å². The lowest BCUT2D eigenvalue weighted by Gasteiger charge is -2.08. The zero-order valence-electron chi connectivity index (χ0n) is 10.4. The highest BCUT2D eigenvalue weighted by Crippen LogP contribution is 2.25. The SMILES string of the molecule is Cc1cc(C(=O)c2cccc(C)c2Br)c(F)cc1F. The summed E-state index contributed by atoms with van der Waals surface area (Å²) in [5, 5.41) is 0. The lowest BCUT2D eigenvalue weighted by atomic mass is 9.99. The topological polar surface area (TPSA) is 17.1 Å². The number of halogens is 3. The average Bonchev–Trinajstić information content (AvgIpc) is 2.36. The van der Waals surface area contributed by atoms with Crippen LogP contribution in [0, 0.1) is 25.5 Å². The minimum Gasteiger partial charge on any atom is -0.288 e. The summed E-state index contributed by atoms with van der Waals surface area (Å²) < 4.78 is 27.6. The Morgan fingerprint density at radius 3 is 2.37 bits per heavy atom. The molecule has 1 nitrogen and oxygen atoms in total. The van der Waals surface area contributed by atoms with Gasteiger partial charge in [-0.2, -0.15) is 0 Å². The predicted octanol–water partition coefficient (Wildman–Crippen LogP) is 4.58. The summed E-state index contributed by atoms with van der Waals surface area (Å²) >= 11 is 3.32. The Labute approximate surface area is 118 Å². The number of carbonyl (C=O) groups is 1. The van der Waals surface area contributed by atoms with Crippen molar-refractivity contribution in [2.75, 3.05) is 0 Å². The summed E-state index contributed by atoms with van der Waals surface area (Å²) in [7, 11) is 0. The number of aryl methyl sites for hydroxylation is 2. The maximum Gasteiger partial charge on any atom is 0.197 e. The Morgan fingerprint density at radius 2 is 1.68 bits per heavy atom. The van der Waals surface area contributed by atoms with E-state index in [0.717, 1.165) is 11.6 Å². The van der Waals surface area contributed by atoms with Gasteiger partial charge in [-0.1, -0.05) is 12.1 Å². The highest BCUT2D eigenvalue weighted by atomic mass is 79.9. The van der Waals surface area contributed by atoms with Crippen molar-refractivity contribution in [3.63, 3.8) is 0 Å². The number of benzene rings is 2. The van der Waals surface area contributed by atoms with Gasteiger partial charge in [0.05, 0.1) is 5.56 Å². The van der Waals surface area contributed by atoms with E-state index in [1.54, 1.807) is 12.1 Å². The van der Waals surface area contributed by atoms with Crippen LogP contribution in [0.5, 0.6) is 0 Å². The number of carbonyl (C=O) groups excluding carboxylic acids is 1. The van der Waals surface area contributed by atoms with Gasteiger partial charge in [0.1, 0.15) is 11.6 Å². The van der Waals surface area contributed by atoms with Crippen molar-refractivity contribution in [2.24, 2.45) is 0 Å². The smallest absolute Gasteiger partial charge is 0.197 e. The van der Waals surface area contributed by atoms with Crippen LogP contribution < -0.4 is 0 Å². The molecule has 0 aliphatic carbocycles. The summed E-state index contributed by atoms with van der Waals surface area (Å²) in [6, 6.07) is 7.15. The molecule has 0 saturated carbocycles. The van der Waals surface area contributed by atoms with Gasteiger partial charge < -0.3 is 0 Å². The molecule has 0 heterocycles. The van der Waals surface area contributed by atoms with Gasteiger partial charge >= 0.3 is 0 Å². The first-order valence-electron chi connectivity index (χ1n) is 5.67. The third-order valence-electron chi connectivity index (χ3n) is 2.93. The molecule has 0 N–H and O–H groups in total. The normalized spacial score (nSPS) is 10.6. The molecule has 19 heavy (non-hydrogen) atoms. The van der Waals surface area contributed by atoms with Crippen molar-refractivity contribution in [1.29, 1.82) is 0 Å². The van der Waals surface area contributed by atoms with Gasteiger partial charge in [0.2, 0.25) is 0 Å². The molecule has 0 fully saturated rings. The molecule has 98 valence electrons. The van der Waals surface area contributed by atoms with Gasteiger partial charge in [-0.3, -0.25) is 4.79 Å². The van der Waals surface area contributed by atoms with Crippen LogP contribution >= 0.6 is 15.9 Å². The van der Waals surface area contributed by atoms with Crippen LogP contribution in [0.25, 0.3) is 0 Å². The third-order valence-corrected chi connectivity index (χ3v) is 3.98. The maximum absolute atomic E-state index is 13.7. The first-order chi connectivity index (χ1) is 8.91. The minimum absolute atomic E-state index is 0.120. The fourth-order valence-electron chi connectivity index (χ4n) is 1.80. The second-order valence-electron chi connectivity index (χ2n) is 4.35. The zero-order valence-corrected chi connectivity index (χ0v) is 12.0. The molecule has 0 radical (unpaired) electrons. The largest absolute Gasteiger partial charge is 0.288 e. The molecule has 2 aromatic carbocycles. The van der Waals surface area contributed by atoms with Gasteiger partial charge in [0.25, 0.3) is 0 Å². The maximum atomic E-state index is 13.7. The predicted molar refractivity (Wildman–Crippen MR) is 73.4 cm³/mol. The number of hydrogen-bond acceptors (Lipinski definition) is 1. The van der Waals surface area contributed by atoms with E-state index in [0.29, 0.717) is 10.0 Å². The molecule has 0 aliphatic heterocycles.